The van der Waals surface area contributed by atoms with Gasteiger partial charge in [0.25, 0.3) is 0 Å². The van der Waals surface area contributed by atoms with Gasteiger partial charge in [-0.2, -0.15) is 0 Å². The third-order valence-corrected chi connectivity index (χ3v) is 2.56. The minimum absolute atomic E-state index is 0.591. The van der Waals surface area contributed by atoms with Crippen LogP contribution in [0.15, 0.2) is 18.2 Å². The standard InChI is InChI=1S/C12H18Cl2N2O/c1-16(2)5-3-15-4-6-17-12-8-10(13)7-11(14)9-12/h7-9,15H,3-6H2,1-2H3. The van der Waals surface area contributed by atoms with Crippen molar-refractivity contribution >= 4 is 23.2 Å². The van der Waals surface area contributed by atoms with Gasteiger partial charge in [0.05, 0.1) is 0 Å². The van der Waals surface area contributed by atoms with Crippen LogP contribution < -0.4 is 10.1 Å². The number of halogens is 2. The molecule has 0 atom stereocenters. The van der Waals surface area contributed by atoms with Crippen molar-refractivity contribution in [1.82, 2.24) is 10.2 Å². The molecule has 0 bridgehead atoms. The molecule has 0 spiro atoms. The van der Waals surface area contributed by atoms with Gasteiger partial charge >= 0.3 is 0 Å². The van der Waals surface area contributed by atoms with Crippen molar-refractivity contribution in [3.8, 4) is 5.75 Å². The highest BCUT2D eigenvalue weighted by Gasteiger charge is 1.98. The maximum atomic E-state index is 5.86. The molecule has 0 saturated carbocycles. The first-order chi connectivity index (χ1) is 8.08. The van der Waals surface area contributed by atoms with Gasteiger partial charge in [0.1, 0.15) is 12.4 Å². The van der Waals surface area contributed by atoms with E-state index in [0.29, 0.717) is 22.4 Å². The van der Waals surface area contributed by atoms with Crippen molar-refractivity contribution < 1.29 is 4.74 Å². The normalized spacial score (nSPS) is 10.9. The van der Waals surface area contributed by atoms with Gasteiger partial charge < -0.3 is 15.0 Å². The van der Waals surface area contributed by atoms with E-state index in [1.54, 1.807) is 18.2 Å². The van der Waals surface area contributed by atoms with Crippen molar-refractivity contribution in [3.63, 3.8) is 0 Å². The molecule has 0 aliphatic heterocycles. The summed E-state index contributed by atoms with van der Waals surface area (Å²) in [5.74, 6) is 0.705. The highest BCUT2D eigenvalue weighted by atomic mass is 35.5. The molecule has 0 aromatic heterocycles. The summed E-state index contributed by atoms with van der Waals surface area (Å²) >= 11 is 11.7. The van der Waals surface area contributed by atoms with Crippen LogP contribution >= 0.6 is 23.2 Å². The number of ether oxygens (including phenoxy) is 1. The largest absolute Gasteiger partial charge is 0.492 e. The minimum atomic E-state index is 0.591. The molecule has 96 valence electrons. The Kier molecular flexibility index (Phi) is 6.66. The van der Waals surface area contributed by atoms with Gasteiger partial charge in [-0.15, -0.1) is 0 Å². The third-order valence-electron chi connectivity index (χ3n) is 2.12. The number of nitrogens with zero attached hydrogens (tertiary/aromatic N) is 1. The lowest BCUT2D eigenvalue weighted by atomic mass is 10.3. The Bertz CT molecular complexity index is 325. The second kappa shape index (κ2) is 7.77. The molecule has 1 rings (SSSR count). The van der Waals surface area contributed by atoms with Crippen LogP contribution in [0.4, 0.5) is 0 Å². The highest BCUT2D eigenvalue weighted by molar-refractivity contribution is 6.34. The Balaban J connectivity index is 2.18. The van der Waals surface area contributed by atoms with Crippen molar-refractivity contribution in [2.75, 3.05) is 40.3 Å². The zero-order chi connectivity index (χ0) is 12.7. The lowest BCUT2D eigenvalue weighted by Gasteiger charge is -2.11. The van der Waals surface area contributed by atoms with E-state index in [2.05, 4.69) is 10.2 Å². The topological polar surface area (TPSA) is 24.5 Å². The Morgan fingerprint density at radius 3 is 2.35 bits per heavy atom. The van der Waals surface area contributed by atoms with E-state index in [1.807, 2.05) is 14.1 Å². The zero-order valence-corrected chi connectivity index (χ0v) is 11.7. The number of likely N-dealkylation sites (N-methyl/N-ethyl adjacent to an activating group) is 1. The van der Waals surface area contributed by atoms with Crippen molar-refractivity contribution in [2.45, 2.75) is 0 Å². The Morgan fingerprint density at radius 1 is 1.12 bits per heavy atom. The van der Waals surface area contributed by atoms with Crippen molar-refractivity contribution in [3.05, 3.63) is 28.2 Å². The first-order valence-electron chi connectivity index (χ1n) is 5.52. The molecular formula is C12H18Cl2N2O. The van der Waals surface area contributed by atoms with Crippen LogP contribution in [0.5, 0.6) is 5.75 Å². The first-order valence-corrected chi connectivity index (χ1v) is 6.28. The maximum Gasteiger partial charge on any atom is 0.122 e. The molecule has 0 fully saturated rings. The minimum Gasteiger partial charge on any atom is -0.492 e. The Morgan fingerprint density at radius 2 is 1.76 bits per heavy atom. The SMILES string of the molecule is CN(C)CCNCCOc1cc(Cl)cc(Cl)c1. The van der Waals surface area contributed by atoms with Crippen LogP contribution in [-0.4, -0.2) is 45.2 Å². The fourth-order valence-electron chi connectivity index (χ4n) is 1.28. The predicted octanol–water partition coefficient (Wildman–Crippen LogP) is 2.52. The molecule has 5 heteroatoms. The van der Waals surface area contributed by atoms with E-state index >= 15 is 0 Å². The molecular weight excluding hydrogens is 259 g/mol. The fourth-order valence-corrected chi connectivity index (χ4v) is 1.79. The average Bonchev–Trinajstić information content (AvgIpc) is 2.21. The van der Waals surface area contributed by atoms with Gasteiger partial charge in [0.2, 0.25) is 0 Å². The molecule has 1 aromatic rings. The second-order valence-corrected chi connectivity index (χ2v) is 4.88. The van der Waals surface area contributed by atoms with Crippen LogP contribution in [0, 0.1) is 0 Å². The van der Waals surface area contributed by atoms with Crippen LogP contribution in [0.2, 0.25) is 10.0 Å². The first kappa shape index (κ1) is 14.6. The van der Waals surface area contributed by atoms with E-state index in [1.165, 1.54) is 0 Å². The van der Waals surface area contributed by atoms with Gasteiger partial charge in [-0.05, 0) is 32.3 Å². The summed E-state index contributed by atoms with van der Waals surface area (Å²) in [6.07, 6.45) is 0. The number of hydrogen-bond donors (Lipinski definition) is 1. The summed E-state index contributed by atoms with van der Waals surface area (Å²) in [6.45, 7) is 3.37. The second-order valence-electron chi connectivity index (χ2n) is 4.01. The molecule has 1 N–H and O–H groups in total. The number of nitrogens with one attached hydrogen (secondary N) is 1. The lowest BCUT2D eigenvalue weighted by Crippen LogP contribution is -2.29. The monoisotopic (exact) mass is 276 g/mol. The molecule has 0 saturated heterocycles. The van der Waals surface area contributed by atoms with Crippen LogP contribution in [0.3, 0.4) is 0 Å². The molecule has 1 aromatic carbocycles. The smallest absolute Gasteiger partial charge is 0.122 e. The van der Waals surface area contributed by atoms with E-state index < -0.39 is 0 Å². The number of hydrogen-bond acceptors (Lipinski definition) is 3. The van der Waals surface area contributed by atoms with E-state index in [9.17, 15) is 0 Å². The highest BCUT2D eigenvalue weighted by Crippen LogP contribution is 2.23. The summed E-state index contributed by atoms with van der Waals surface area (Å²) in [4.78, 5) is 2.13. The van der Waals surface area contributed by atoms with Gasteiger partial charge in [0.15, 0.2) is 0 Å². The van der Waals surface area contributed by atoms with Crippen molar-refractivity contribution in [2.24, 2.45) is 0 Å². The third kappa shape index (κ3) is 6.74. The Labute approximate surface area is 113 Å². The maximum absolute atomic E-state index is 5.86. The summed E-state index contributed by atoms with van der Waals surface area (Å²) < 4.78 is 5.53. The molecule has 0 radical (unpaired) electrons. The quantitative estimate of drug-likeness (QED) is 0.775. The van der Waals surface area contributed by atoms with E-state index in [4.69, 9.17) is 27.9 Å². The lowest BCUT2D eigenvalue weighted by molar-refractivity contribution is 0.308. The summed E-state index contributed by atoms with van der Waals surface area (Å²) in [7, 11) is 4.10. The fraction of sp³-hybridized carbons (Fsp3) is 0.500. The Hall–Kier alpha value is -0.480. The summed E-state index contributed by atoms with van der Waals surface area (Å²) in [6, 6.07) is 5.20. The molecule has 0 unspecified atom stereocenters. The molecule has 17 heavy (non-hydrogen) atoms. The van der Waals surface area contributed by atoms with E-state index in [-0.39, 0.29) is 0 Å². The van der Waals surface area contributed by atoms with Gasteiger partial charge in [-0.3, -0.25) is 0 Å². The predicted molar refractivity (Wildman–Crippen MR) is 73.4 cm³/mol. The summed E-state index contributed by atoms with van der Waals surface area (Å²) in [5, 5.41) is 4.47. The van der Waals surface area contributed by atoms with Crippen LogP contribution in [0.25, 0.3) is 0 Å². The summed E-state index contributed by atoms with van der Waals surface area (Å²) in [5.41, 5.74) is 0. The van der Waals surface area contributed by atoms with Crippen LogP contribution in [-0.2, 0) is 0 Å². The van der Waals surface area contributed by atoms with E-state index in [0.717, 1.165) is 19.6 Å². The molecule has 0 amide bonds. The van der Waals surface area contributed by atoms with Gasteiger partial charge in [0, 0.05) is 29.7 Å². The van der Waals surface area contributed by atoms with Gasteiger partial charge in [-0.25, -0.2) is 0 Å². The molecule has 0 aliphatic rings. The average molecular weight is 277 g/mol. The molecule has 0 aliphatic carbocycles. The van der Waals surface area contributed by atoms with Crippen molar-refractivity contribution in [1.29, 1.82) is 0 Å². The zero-order valence-electron chi connectivity index (χ0n) is 10.2. The number of rotatable bonds is 7. The van der Waals surface area contributed by atoms with Crippen LogP contribution in [0.1, 0.15) is 0 Å². The molecule has 3 nitrogen and oxygen atoms in total. The molecule has 0 heterocycles. The van der Waals surface area contributed by atoms with Gasteiger partial charge in [-0.1, -0.05) is 23.2 Å². The number of benzene rings is 1.